The SMILES string of the molecule is COc1ccc2c(S(=O)(=O)O)c(O)ccc2c1. The van der Waals surface area contributed by atoms with Gasteiger partial charge in [-0.3, -0.25) is 4.55 Å². The third kappa shape index (κ3) is 2.04. The third-order valence-corrected chi connectivity index (χ3v) is 3.36. The number of phenols is 1. The predicted molar refractivity (Wildman–Crippen MR) is 62.0 cm³/mol. The van der Waals surface area contributed by atoms with Crippen LogP contribution in [0.25, 0.3) is 10.8 Å². The number of hydrogen-bond acceptors (Lipinski definition) is 4. The van der Waals surface area contributed by atoms with Crippen LogP contribution in [-0.4, -0.2) is 25.2 Å². The number of ether oxygens (including phenoxy) is 1. The van der Waals surface area contributed by atoms with Gasteiger partial charge in [-0.15, -0.1) is 0 Å². The van der Waals surface area contributed by atoms with Gasteiger partial charge in [0.15, 0.2) is 0 Å². The molecule has 0 atom stereocenters. The summed E-state index contributed by atoms with van der Waals surface area (Å²) in [5, 5.41) is 10.3. The molecule has 6 heteroatoms. The first-order valence-electron chi connectivity index (χ1n) is 4.70. The zero-order valence-corrected chi connectivity index (χ0v) is 9.73. The minimum absolute atomic E-state index is 0.244. The molecule has 0 bridgehead atoms. The van der Waals surface area contributed by atoms with Crippen molar-refractivity contribution in [3.8, 4) is 11.5 Å². The highest BCUT2D eigenvalue weighted by Crippen LogP contribution is 2.32. The van der Waals surface area contributed by atoms with Crippen LogP contribution in [0.15, 0.2) is 35.2 Å². The maximum absolute atomic E-state index is 11.2. The van der Waals surface area contributed by atoms with Gasteiger partial charge in [-0.05, 0) is 29.7 Å². The van der Waals surface area contributed by atoms with Gasteiger partial charge < -0.3 is 9.84 Å². The Hall–Kier alpha value is -1.79. The maximum Gasteiger partial charge on any atom is 0.298 e. The van der Waals surface area contributed by atoms with Crippen molar-refractivity contribution in [1.82, 2.24) is 0 Å². The normalized spacial score (nSPS) is 11.6. The molecule has 0 spiro atoms. The fraction of sp³-hybridized carbons (Fsp3) is 0.0909. The van der Waals surface area contributed by atoms with Gasteiger partial charge in [0, 0.05) is 5.39 Å². The van der Waals surface area contributed by atoms with Crippen molar-refractivity contribution in [2.24, 2.45) is 0 Å². The summed E-state index contributed by atoms with van der Waals surface area (Å²) >= 11 is 0. The summed E-state index contributed by atoms with van der Waals surface area (Å²) in [5.41, 5.74) is 0. The summed E-state index contributed by atoms with van der Waals surface area (Å²) in [6.45, 7) is 0. The second-order valence-corrected chi connectivity index (χ2v) is 4.83. The Morgan fingerprint density at radius 1 is 1.18 bits per heavy atom. The highest BCUT2D eigenvalue weighted by Gasteiger charge is 2.19. The summed E-state index contributed by atoms with van der Waals surface area (Å²) < 4.78 is 36.5. The maximum atomic E-state index is 11.2. The van der Waals surface area contributed by atoms with Gasteiger partial charge in [-0.25, -0.2) is 0 Å². The summed E-state index contributed by atoms with van der Waals surface area (Å²) in [6.07, 6.45) is 0. The third-order valence-electron chi connectivity index (χ3n) is 2.41. The molecule has 0 saturated heterocycles. The number of benzene rings is 2. The van der Waals surface area contributed by atoms with E-state index in [1.54, 1.807) is 18.2 Å². The minimum Gasteiger partial charge on any atom is -0.506 e. The van der Waals surface area contributed by atoms with Crippen molar-refractivity contribution in [3.05, 3.63) is 30.3 Å². The summed E-state index contributed by atoms with van der Waals surface area (Å²) in [6, 6.07) is 7.39. The number of hydrogen-bond donors (Lipinski definition) is 2. The summed E-state index contributed by atoms with van der Waals surface area (Å²) in [4.78, 5) is -0.488. The molecule has 17 heavy (non-hydrogen) atoms. The van der Waals surface area contributed by atoms with Gasteiger partial charge in [-0.2, -0.15) is 8.42 Å². The van der Waals surface area contributed by atoms with Crippen molar-refractivity contribution in [3.63, 3.8) is 0 Å². The van der Waals surface area contributed by atoms with Gasteiger partial charge in [0.1, 0.15) is 16.4 Å². The zero-order valence-electron chi connectivity index (χ0n) is 8.91. The molecule has 0 radical (unpaired) electrons. The molecule has 2 N–H and O–H groups in total. The first kappa shape index (κ1) is 11.7. The Bertz CT molecular complexity index is 676. The van der Waals surface area contributed by atoms with Crippen molar-refractivity contribution in [2.75, 3.05) is 7.11 Å². The second-order valence-electron chi connectivity index (χ2n) is 3.48. The van der Waals surface area contributed by atoms with Crippen LogP contribution < -0.4 is 4.74 Å². The predicted octanol–water partition coefficient (Wildman–Crippen LogP) is 1.80. The van der Waals surface area contributed by atoms with Crippen LogP contribution in [0.5, 0.6) is 11.5 Å². The molecule has 0 aliphatic heterocycles. The largest absolute Gasteiger partial charge is 0.506 e. The van der Waals surface area contributed by atoms with E-state index in [1.807, 2.05) is 0 Å². The number of fused-ring (bicyclic) bond motifs is 1. The smallest absolute Gasteiger partial charge is 0.298 e. The number of rotatable bonds is 2. The molecule has 90 valence electrons. The van der Waals surface area contributed by atoms with Gasteiger partial charge in [0.2, 0.25) is 0 Å². The first-order chi connectivity index (χ1) is 7.93. The van der Waals surface area contributed by atoms with Crippen molar-refractivity contribution < 1.29 is 22.8 Å². The lowest BCUT2D eigenvalue weighted by Gasteiger charge is -2.07. The van der Waals surface area contributed by atoms with Crippen LogP contribution in [0, 0.1) is 0 Å². The lowest BCUT2D eigenvalue weighted by atomic mass is 10.1. The van der Waals surface area contributed by atoms with Gasteiger partial charge in [-0.1, -0.05) is 6.07 Å². The molecule has 0 amide bonds. The molecule has 5 nitrogen and oxygen atoms in total. The van der Waals surface area contributed by atoms with Crippen LogP contribution in [0.1, 0.15) is 0 Å². The summed E-state index contributed by atoms with van der Waals surface area (Å²) in [5.74, 6) is 0.0784. The van der Waals surface area contributed by atoms with E-state index in [2.05, 4.69) is 0 Å². The number of aromatic hydroxyl groups is 1. The average Bonchev–Trinajstić information content (AvgIpc) is 2.26. The quantitative estimate of drug-likeness (QED) is 0.798. The molecular formula is C11H10O5S. The van der Waals surface area contributed by atoms with E-state index in [-0.39, 0.29) is 5.39 Å². The van der Waals surface area contributed by atoms with E-state index < -0.39 is 20.8 Å². The van der Waals surface area contributed by atoms with Gasteiger partial charge in [0.25, 0.3) is 10.1 Å². The molecule has 2 aromatic carbocycles. The van der Waals surface area contributed by atoms with E-state index in [4.69, 9.17) is 9.29 Å². The molecule has 0 heterocycles. The fourth-order valence-corrected chi connectivity index (χ4v) is 2.46. The van der Waals surface area contributed by atoms with E-state index in [9.17, 15) is 13.5 Å². The van der Waals surface area contributed by atoms with E-state index in [0.717, 1.165) is 0 Å². The molecule has 0 aliphatic carbocycles. The van der Waals surface area contributed by atoms with Crippen LogP contribution in [0.3, 0.4) is 0 Å². The van der Waals surface area contributed by atoms with Crippen LogP contribution >= 0.6 is 0 Å². The minimum atomic E-state index is -4.47. The first-order valence-corrected chi connectivity index (χ1v) is 6.14. The topological polar surface area (TPSA) is 83.8 Å². The Labute approximate surface area is 98.0 Å². The monoisotopic (exact) mass is 254 g/mol. The second kappa shape index (κ2) is 3.90. The lowest BCUT2D eigenvalue weighted by molar-refractivity contribution is 0.415. The number of methoxy groups -OCH3 is 1. The van der Waals surface area contributed by atoms with Crippen LogP contribution in [-0.2, 0) is 10.1 Å². The Balaban J connectivity index is 2.88. The average molecular weight is 254 g/mol. The standard InChI is InChI=1S/C11H10O5S/c1-16-8-3-4-9-7(6-8)2-5-10(12)11(9)17(13,14)15/h2-6,12H,1H3,(H,13,14,15). The van der Waals surface area contributed by atoms with E-state index >= 15 is 0 Å². The Morgan fingerprint density at radius 2 is 1.88 bits per heavy atom. The molecule has 0 unspecified atom stereocenters. The molecule has 0 aliphatic rings. The van der Waals surface area contributed by atoms with Crippen molar-refractivity contribution in [1.29, 1.82) is 0 Å². The molecule has 0 saturated carbocycles. The zero-order chi connectivity index (χ0) is 12.6. The molecule has 0 aromatic heterocycles. The lowest BCUT2D eigenvalue weighted by Crippen LogP contribution is -1.99. The van der Waals surface area contributed by atoms with Crippen molar-refractivity contribution >= 4 is 20.9 Å². The fourth-order valence-electron chi connectivity index (χ4n) is 1.67. The summed E-state index contributed by atoms with van der Waals surface area (Å²) in [7, 11) is -2.98. The highest BCUT2D eigenvalue weighted by molar-refractivity contribution is 7.86. The Kier molecular flexibility index (Phi) is 2.68. The van der Waals surface area contributed by atoms with Gasteiger partial charge in [0.05, 0.1) is 7.11 Å². The molecule has 0 fully saturated rings. The van der Waals surface area contributed by atoms with Gasteiger partial charge >= 0.3 is 0 Å². The van der Waals surface area contributed by atoms with Crippen LogP contribution in [0.4, 0.5) is 0 Å². The molecular weight excluding hydrogens is 244 g/mol. The van der Waals surface area contributed by atoms with Crippen molar-refractivity contribution in [2.45, 2.75) is 4.90 Å². The van der Waals surface area contributed by atoms with Crippen LogP contribution in [0.2, 0.25) is 0 Å². The molecule has 2 aromatic rings. The van der Waals surface area contributed by atoms with E-state index in [1.165, 1.54) is 19.2 Å². The number of phenolic OH excluding ortho intramolecular Hbond substituents is 1. The van der Waals surface area contributed by atoms with E-state index in [0.29, 0.717) is 11.1 Å². The molecule has 2 rings (SSSR count). The highest BCUT2D eigenvalue weighted by atomic mass is 32.2. The Morgan fingerprint density at radius 3 is 2.47 bits per heavy atom.